The van der Waals surface area contributed by atoms with E-state index in [1.54, 1.807) is 6.20 Å². The summed E-state index contributed by atoms with van der Waals surface area (Å²) in [5, 5.41) is 0. The second-order valence-corrected chi connectivity index (χ2v) is 4.52. The van der Waals surface area contributed by atoms with Crippen LogP contribution in [0.1, 0.15) is 16.7 Å². The minimum Gasteiger partial charge on any atom is -0.488 e. The summed E-state index contributed by atoms with van der Waals surface area (Å²) in [6, 6.07) is 5.43. The maximum atomic E-state index is 12.6. The molecule has 19 heavy (non-hydrogen) atoms. The van der Waals surface area contributed by atoms with Crippen LogP contribution in [0.25, 0.3) is 11.3 Å². The Kier molecular flexibility index (Phi) is 2.52. The molecule has 1 aromatic carbocycles. The molecule has 0 unspecified atom stereocenters. The molecule has 0 amide bonds. The second kappa shape index (κ2) is 3.98. The molecular weight excluding hydrogens is 255 g/mol. The van der Waals surface area contributed by atoms with Crippen molar-refractivity contribution in [2.24, 2.45) is 0 Å². The summed E-state index contributed by atoms with van der Waals surface area (Å²) in [5.41, 5.74) is 2.49. The molecule has 0 saturated carbocycles. The van der Waals surface area contributed by atoms with Crippen molar-refractivity contribution < 1.29 is 17.9 Å². The number of hydrogen-bond donors (Lipinski definition) is 0. The lowest BCUT2D eigenvalue weighted by Gasteiger charge is -2.21. The van der Waals surface area contributed by atoms with Crippen LogP contribution in [0.3, 0.4) is 0 Å². The van der Waals surface area contributed by atoms with Crippen LogP contribution in [0.4, 0.5) is 13.2 Å². The molecule has 2 aromatic rings. The van der Waals surface area contributed by atoms with Gasteiger partial charge in [-0.3, -0.25) is 4.98 Å². The summed E-state index contributed by atoms with van der Waals surface area (Å²) in [6.07, 6.45) is -2.66. The summed E-state index contributed by atoms with van der Waals surface area (Å²) in [5.74, 6) is 0.235. The summed E-state index contributed by atoms with van der Waals surface area (Å²) >= 11 is 0. The van der Waals surface area contributed by atoms with Crippen molar-refractivity contribution in [3.8, 4) is 17.0 Å². The van der Waals surface area contributed by atoms with E-state index in [9.17, 15) is 13.2 Å². The smallest absolute Gasteiger partial charge is 0.416 e. The Morgan fingerprint density at radius 3 is 2.74 bits per heavy atom. The van der Waals surface area contributed by atoms with Gasteiger partial charge < -0.3 is 4.74 Å². The molecule has 5 heteroatoms. The molecule has 0 aliphatic carbocycles. The molecule has 0 N–H and O–H groups in total. The van der Waals surface area contributed by atoms with Crippen molar-refractivity contribution in [2.45, 2.75) is 19.7 Å². The number of fused-ring (bicyclic) bond motifs is 3. The summed E-state index contributed by atoms with van der Waals surface area (Å²) in [4.78, 5) is 4.29. The van der Waals surface area contributed by atoms with Crippen LogP contribution >= 0.6 is 0 Å². The zero-order valence-corrected chi connectivity index (χ0v) is 10.1. The molecule has 0 radical (unpaired) electrons. The van der Waals surface area contributed by atoms with E-state index >= 15 is 0 Å². The third-order valence-electron chi connectivity index (χ3n) is 3.05. The first-order valence-corrected chi connectivity index (χ1v) is 5.75. The van der Waals surface area contributed by atoms with Gasteiger partial charge in [0.25, 0.3) is 0 Å². The average molecular weight is 265 g/mol. The number of alkyl halides is 3. The average Bonchev–Trinajstić information content (AvgIpc) is 2.36. The van der Waals surface area contributed by atoms with Gasteiger partial charge >= 0.3 is 6.18 Å². The van der Waals surface area contributed by atoms with Crippen LogP contribution in [0, 0.1) is 6.92 Å². The van der Waals surface area contributed by atoms with Crippen molar-refractivity contribution in [3.05, 3.63) is 47.2 Å². The highest BCUT2D eigenvalue weighted by Crippen LogP contribution is 2.40. The van der Waals surface area contributed by atoms with E-state index in [0.717, 1.165) is 23.3 Å². The van der Waals surface area contributed by atoms with Gasteiger partial charge in [0.1, 0.15) is 12.4 Å². The van der Waals surface area contributed by atoms with Crippen molar-refractivity contribution in [2.75, 3.05) is 0 Å². The highest BCUT2D eigenvalue weighted by atomic mass is 19.4. The number of ether oxygens (including phenoxy) is 1. The first-order valence-electron chi connectivity index (χ1n) is 5.75. The SMILES string of the molecule is Cc1cnc2c(c1)COc1cc(C(F)(F)F)ccc1-2. The van der Waals surface area contributed by atoms with Crippen LogP contribution in [0.5, 0.6) is 5.75 Å². The Balaban J connectivity index is 2.13. The number of nitrogens with zero attached hydrogens (tertiary/aromatic N) is 1. The lowest BCUT2D eigenvalue weighted by Crippen LogP contribution is -2.10. The van der Waals surface area contributed by atoms with E-state index in [2.05, 4.69) is 4.98 Å². The summed E-state index contributed by atoms with van der Waals surface area (Å²) in [7, 11) is 0. The highest BCUT2D eigenvalue weighted by molar-refractivity contribution is 5.72. The number of rotatable bonds is 0. The van der Waals surface area contributed by atoms with Gasteiger partial charge in [-0.25, -0.2) is 0 Å². The van der Waals surface area contributed by atoms with Gasteiger partial charge in [-0.05, 0) is 36.8 Å². The van der Waals surface area contributed by atoms with E-state index < -0.39 is 11.7 Å². The van der Waals surface area contributed by atoms with E-state index in [1.807, 2.05) is 13.0 Å². The third kappa shape index (κ3) is 2.05. The van der Waals surface area contributed by atoms with Crippen molar-refractivity contribution in [3.63, 3.8) is 0 Å². The molecule has 1 aromatic heterocycles. The predicted molar refractivity (Wildman–Crippen MR) is 63.7 cm³/mol. The fraction of sp³-hybridized carbons (Fsp3) is 0.214. The fourth-order valence-corrected chi connectivity index (χ4v) is 2.15. The van der Waals surface area contributed by atoms with Crippen LogP contribution in [-0.2, 0) is 12.8 Å². The standard InChI is InChI=1S/C14H10F3NO/c1-8-4-9-7-19-12-5-10(14(15,16)17)2-3-11(12)13(9)18-6-8/h2-6H,7H2,1H3. The second-order valence-electron chi connectivity index (χ2n) is 4.52. The molecular formula is C14H10F3NO. The minimum absolute atomic E-state index is 0.235. The quantitative estimate of drug-likeness (QED) is 0.719. The maximum Gasteiger partial charge on any atom is 0.416 e. The predicted octanol–water partition coefficient (Wildman–Crippen LogP) is 3.97. The molecule has 1 aliphatic rings. The topological polar surface area (TPSA) is 22.1 Å². The van der Waals surface area contributed by atoms with Crippen LogP contribution < -0.4 is 4.74 Å². The maximum absolute atomic E-state index is 12.6. The highest BCUT2D eigenvalue weighted by Gasteiger charge is 2.32. The van der Waals surface area contributed by atoms with Gasteiger partial charge in [0.15, 0.2) is 0 Å². The Hall–Kier alpha value is -2.04. The number of aryl methyl sites for hydroxylation is 1. The normalized spacial score (nSPS) is 13.5. The Labute approximate surface area is 107 Å². The Morgan fingerprint density at radius 1 is 1.21 bits per heavy atom. The number of pyridine rings is 1. The molecule has 98 valence electrons. The van der Waals surface area contributed by atoms with E-state index in [-0.39, 0.29) is 12.4 Å². The number of aromatic nitrogens is 1. The first-order chi connectivity index (χ1) is 8.95. The van der Waals surface area contributed by atoms with Gasteiger partial charge in [-0.1, -0.05) is 0 Å². The van der Waals surface area contributed by atoms with Crippen LogP contribution in [-0.4, -0.2) is 4.98 Å². The van der Waals surface area contributed by atoms with Crippen molar-refractivity contribution >= 4 is 0 Å². The molecule has 0 fully saturated rings. The first kappa shape index (κ1) is 12.0. The van der Waals surface area contributed by atoms with E-state index in [4.69, 9.17) is 4.74 Å². The number of hydrogen-bond acceptors (Lipinski definition) is 2. The number of benzene rings is 1. The monoisotopic (exact) mass is 265 g/mol. The molecule has 0 saturated heterocycles. The number of halogens is 3. The van der Waals surface area contributed by atoms with Gasteiger partial charge in [0.05, 0.1) is 11.3 Å². The van der Waals surface area contributed by atoms with Gasteiger partial charge in [0.2, 0.25) is 0 Å². The molecule has 0 bridgehead atoms. The molecule has 0 spiro atoms. The molecule has 0 atom stereocenters. The molecule has 3 rings (SSSR count). The van der Waals surface area contributed by atoms with E-state index in [1.165, 1.54) is 6.07 Å². The van der Waals surface area contributed by atoms with E-state index in [0.29, 0.717) is 11.3 Å². The summed E-state index contributed by atoms with van der Waals surface area (Å²) < 4.78 is 43.3. The lowest BCUT2D eigenvalue weighted by atomic mass is 10.00. The third-order valence-corrected chi connectivity index (χ3v) is 3.05. The Morgan fingerprint density at radius 2 is 2.00 bits per heavy atom. The van der Waals surface area contributed by atoms with Crippen LogP contribution in [0.2, 0.25) is 0 Å². The fourth-order valence-electron chi connectivity index (χ4n) is 2.15. The van der Waals surface area contributed by atoms with Gasteiger partial charge in [-0.2, -0.15) is 13.2 Å². The minimum atomic E-state index is -4.36. The zero-order valence-electron chi connectivity index (χ0n) is 10.1. The van der Waals surface area contributed by atoms with Crippen molar-refractivity contribution in [1.29, 1.82) is 0 Å². The largest absolute Gasteiger partial charge is 0.488 e. The lowest BCUT2D eigenvalue weighted by molar-refractivity contribution is -0.137. The summed E-state index contributed by atoms with van der Waals surface area (Å²) in [6.45, 7) is 2.16. The van der Waals surface area contributed by atoms with Gasteiger partial charge in [0, 0.05) is 17.3 Å². The Bertz CT molecular complexity index is 650. The molecule has 1 aliphatic heterocycles. The van der Waals surface area contributed by atoms with Crippen LogP contribution in [0.15, 0.2) is 30.5 Å². The zero-order chi connectivity index (χ0) is 13.6. The van der Waals surface area contributed by atoms with Crippen molar-refractivity contribution in [1.82, 2.24) is 4.98 Å². The molecule has 2 nitrogen and oxygen atoms in total. The van der Waals surface area contributed by atoms with Gasteiger partial charge in [-0.15, -0.1) is 0 Å². The molecule has 2 heterocycles.